The van der Waals surface area contributed by atoms with Crippen LogP contribution in [0.5, 0.6) is 0 Å². The summed E-state index contributed by atoms with van der Waals surface area (Å²) in [5.74, 6) is 0. The van der Waals surface area contributed by atoms with Crippen LogP contribution in [0.3, 0.4) is 0 Å². The maximum atomic E-state index is 10.0. The Labute approximate surface area is 152 Å². The number of hydrogen-bond donors (Lipinski definition) is 2. The van der Waals surface area contributed by atoms with Gasteiger partial charge in [-0.3, -0.25) is 0 Å². The Bertz CT molecular complexity index is 544. The Morgan fingerprint density at radius 1 is 0.800 bits per heavy atom. The number of unbranched alkanes of at least 4 members (excludes halogenated alkanes) is 3. The number of aliphatic hydroxyl groups is 1. The average Bonchev–Trinajstić information content (AvgIpc) is 2.67. The van der Waals surface area contributed by atoms with Gasteiger partial charge < -0.3 is 15.2 Å². The molecule has 2 aromatic rings. The second kappa shape index (κ2) is 12.6. The molecule has 0 amide bonds. The molecule has 0 saturated heterocycles. The molecule has 0 spiro atoms. The van der Waals surface area contributed by atoms with Crippen LogP contribution in [0, 0.1) is 0 Å². The summed E-state index contributed by atoms with van der Waals surface area (Å²) in [6, 6.07) is 20.3. The minimum absolute atomic E-state index is 0.417. The van der Waals surface area contributed by atoms with E-state index >= 15 is 0 Å². The number of nitrogens with one attached hydrogen (secondary N) is 1. The van der Waals surface area contributed by atoms with E-state index in [1.165, 1.54) is 18.4 Å². The first-order valence-electron chi connectivity index (χ1n) is 9.41. The largest absolute Gasteiger partial charge is 0.387 e. The summed E-state index contributed by atoms with van der Waals surface area (Å²) in [6.45, 7) is 3.24. The van der Waals surface area contributed by atoms with Crippen molar-refractivity contribution in [2.75, 3.05) is 26.3 Å². The monoisotopic (exact) mass is 341 g/mol. The lowest BCUT2D eigenvalue weighted by atomic mass is 10.1. The molecule has 0 aromatic heterocycles. The highest BCUT2D eigenvalue weighted by molar-refractivity contribution is 5.17. The van der Waals surface area contributed by atoms with Gasteiger partial charge in [0, 0.05) is 13.2 Å². The van der Waals surface area contributed by atoms with Crippen molar-refractivity contribution in [1.82, 2.24) is 5.32 Å². The molecule has 0 heterocycles. The molecular formula is C22H31NO2. The minimum atomic E-state index is -0.417. The molecule has 3 heteroatoms. The van der Waals surface area contributed by atoms with E-state index in [4.69, 9.17) is 4.74 Å². The summed E-state index contributed by atoms with van der Waals surface area (Å²) in [5.41, 5.74) is 2.31. The van der Waals surface area contributed by atoms with E-state index in [2.05, 4.69) is 29.6 Å². The van der Waals surface area contributed by atoms with Crippen LogP contribution in [0.2, 0.25) is 0 Å². The van der Waals surface area contributed by atoms with E-state index in [1.807, 2.05) is 36.4 Å². The molecule has 0 aliphatic heterocycles. The number of ether oxygens (including phenoxy) is 1. The zero-order chi connectivity index (χ0) is 17.6. The number of benzene rings is 2. The molecule has 0 aliphatic rings. The first-order chi connectivity index (χ1) is 12.4. The van der Waals surface area contributed by atoms with Gasteiger partial charge in [-0.05, 0) is 36.9 Å². The van der Waals surface area contributed by atoms with Gasteiger partial charge >= 0.3 is 0 Å². The molecule has 136 valence electrons. The first-order valence-corrected chi connectivity index (χ1v) is 9.41. The molecule has 2 aromatic carbocycles. The Kier molecular flexibility index (Phi) is 9.94. The summed E-state index contributed by atoms with van der Waals surface area (Å²) in [6.07, 6.45) is 5.26. The lowest BCUT2D eigenvalue weighted by molar-refractivity contribution is 0.133. The molecule has 2 N–H and O–H groups in total. The zero-order valence-corrected chi connectivity index (χ0v) is 15.1. The number of aliphatic hydroxyl groups excluding tert-OH is 1. The maximum Gasteiger partial charge on any atom is 0.0914 e. The van der Waals surface area contributed by atoms with Gasteiger partial charge in [-0.1, -0.05) is 73.5 Å². The van der Waals surface area contributed by atoms with Crippen molar-refractivity contribution in [3.05, 3.63) is 71.8 Å². The average molecular weight is 341 g/mol. The van der Waals surface area contributed by atoms with Crippen LogP contribution in [-0.2, 0) is 11.2 Å². The Morgan fingerprint density at radius 2 is 1.48 bits per heavy atom. The van der Waals surface area contributed by atoms with Gasteiger partial charge in [-0.2, -0.15) is 0 Å². The second-order valence-corrected chi connectivity index (χ2v) is 6.39. The summed E-state index contributed by atoms with van der Waals surface area (Å²) < 4.78 is 5.70. The van der Waals surface area contributed by atoms with E-state index in [0.717, 1.165) is 44.6 Å². The summed E-state index contributed by atoms with van der Waals surface area (Å²) in [7, 11) is 0. The molecule has 25 heavy (non-hydrogen) atoms. The van der Waals surface area contributed by atoms with Gasteiger partial charge in [0.2, 0.25) is 0 Å². The molecule has 0 saturated carbocycles. The Morgan fingerprint density at radius 3 is 2.24 bits per heavy atom. The summed E-state index contributed by atoms with van der Waals surface area (Å²) in [4.78, 5) is 0. The van der Waals surface area contributed by atoms with Crippen molar-refractivity contribution >= 4 is 0 Å². The SMILES string of the molecule is OC(CNCCCCCCOCCc1ccccc1)c1ccccc1. The highest BCUT2D eigenvalue weighted by atomic mass is 16.5. The van der Waals surface area contributed by atoms with Crippen LogP contribution in [0.1, 0.15) is 42.9 Å². The third-order valence-corrected chi connectivity index (χ3v) is 4.29. The van der Waals surface area contributed by atoms with Crippen molar-refractivity contribution < 1.29 is 9.84 Å². The highest BCUT2D eigenvalue weighted by Gasteiger charge is 2.05. The lowest BCUT2D eigenvalue weighted by Gasteiger charge is -2.12. The zero-order valence-electron chi connectivity index (χ0n) is 15.1. The van der Waals surface area contributed by atoms with Gasteiger partial charge in [0.15, 0.2) is 0 Å². The van der Waals surface area contributed by atoms with E-state index in [-0.39, 0.29) is 0 Å². The van der Waals surface area contributed by atoms with Gasteiger partial charge in [0.1, 0.15) is 0 Å². The summed E-state index contributed by atoms with van der Waals surface area (Å²) in [5, 5.41) is 13.4. The van der Waals surface area contributed by atoms with E-state index in [9.17, 15) is 5.11 Å². The van der Waals surface area contributed by atoms with Crippen LogP contribution in [-0.4, -0.2) is 31.4 Å². The van der Waals surface area contributed by atoms with Crippen LogP contribution >= 0.6 is 0 Å². The fourth-order valence-corrected chi connectivity index (χ4v) is 2.78. The van der Waals surface area contributed by atoms with Crippen molar-refractivity contribution in [3.8, 4) is 0 Å². The van der Waals surface area contributed by atoms with Gasteiger partial charge in [-0.25, -0.2) is 0 Å². The third kappa shape index (κ3) is 8.82. The normalized spacial score (nSPS) is 12.2. The number of hydrogen-bond acceptors (Lipinski definition) is 3. The molecule has 0 aliphatic carbocycles. The van der Waals surface area contributed by atoms with Crippen molar-refractivity contribution in [2.45, 2.75) is 38.2 Å². The molecule has 1 unspecified atom stereocenters. The van der Waals surface area contributed by atoms with Crippen LogP contribution in [0.25, 0.3) is 0 Å². The standard InChI is InChI=1S/C22H31NO2/c24-22(21-13-7-4-8-14-21)19-23-16-9-1-2-10-17-25-18-15-20-11-5-3-6-12-20/h3-8,11-14,22-24H,1-2,9-10,15-19H2. The van der Waals surface area contributed by atoms with Crippen LogP contribution < -0.4 is 5.32 Å². The smallest absolute Gasteiger partial charge is 0.0914 e. The van der Waals surface area contributed by atoms with Crippen molar-refractivity contribution in [3.63, 3.8) is 0 Å². The van der Waals surface area contributed by atoms with E-state index in [0.29, 0.717) is 6.54 Å². The summed E-state index contributed by atoms with van der Waals surface area (Å²) >= 11 is 0. The highest BCUT2D eigenvalue weighted by Crippen LogP contribution is 2.10. The molecular weight excluding hydrogens is 310 g/mol. The maximum absolute atomic E-state index is 10.0. The predicted octanol–water partition coefficient (Wildman–Crippen LogP) is 4.13. The molecule has 0 fully saturated rings. The van der Waals surface area contributed by atoms with Gasteiger partial charge in [-0.15, -0.1) is 0 Å². The fourth-order valence-electron chi connectivity index (χ4n) is 2.78. The van der Waals surface area contributed by atoms with Crippen molar-refractivity contribution in [2.24, 2.45) is 0 Å². The predicted molar refractivity (Wildman–Crippen MR) is 104 cm³/mol. The molecule has 0 bridgehead atoms. The van der Waals surface area contributed by atoms with Crippen molar-refractivity contribution in [1.29, 1.82) is 0 Å². The van der Waals surface area contributed by atoms with Crippen LogP contribution in [0.15, 0.2) is 60.7 Å². The van der Waals surface area contributed by atoms with Crippen LogP contribution in [0.4, 0.5) is 0 Å². The topological polar surface area (TPSA) is 41.5 Å². The van der Waals surface area contributed by atoms with E-state index < -0.39 is 6.10 Å². The fraction of sp³-hybridized carbons (Fsp3) is 0.455. The molecule has 3 nitrogen and oxygen atoms in total. The van der Waals surface area contributed by atoms with E-state index in [1.54, 1.807) is 0 Å². The van der Waals surface area contributed by atoms with Gasteiger partial charge in [0.25, 0.3) is 0 Å². The Balaban J connectivity index is 1.36. The first kappa shape index (κ1) is 19.6. The Hall–Kier alpha value is -1.68. The minimum Gasteiger partial charge on any atom is -0.387 e. The quantitative estimate of drug-likeness (QED) is 0.538. The molecule has 0 radical (unpaired) electrons. The third-order valence-electron chi connectivity index (χ3n) is 4.29. The molecule has 2 rings (SSSR count). The molecule has 1 atom stereocenters. The number of rotatable bonds is 13. The van der Waals surface area contributed by atoms with Gasteiger partial charge in [0.05, 0.1) is 12.7 Å². The second-order valence-electron chi connectivity index (χ2n) is 6.39. The lowest BCUT2D eigenvalue weighted by Crippen LogP contribution is -2.22.